The smallest absolute Gasteiger partial charge is 0.416 e. The Morgan fingerprint density at radius 3 is 2.37 bits per heavy atom. The summed E-state index contributed by atoms with van der Waals surface area (Å²) in [7, 11) is 2.90. The Morgan fingerprint density at radius 1 is 1.08 bits per heavy atom. The van der Waals surface area contributed by atoms with Crippen molar-refractivity contribution < 1.29 is 36.7 Å². The fraction of sp³-hybridized carbons (Fsp3) is 0.300. The Hall–Kier alpha value is -3.89. The van der Waals surface area contributed by atoms with Gasteiger partial charge in [-0.2, -0.15) is 13.9 Å². The van der Waals surface area contributed by atoms with Crippen molar-refractivity contribution in [3.05, 3.63) is 98.6 Å². The van der Waals surface area contributed by atoms with Crippen LogP contribution in [0.25, 0.3) is 5.69 Å². The zero-order valence-corrected chi connectivity index (χ0v) is 29.0. The highest BCUT2D eigenvalue weighted by Gasteiger charge is 2.43. The van der Waals surface area contributed by atoms with Gasteiger partial charge in [0.15, 0.2) is 5.71 Å². The van der Waals surface area contributed by atoms with Gasteiger partial charge in [-0.1, -0.05) is 57.6 Å². The first-order chi connectivity index (χ1) is 23.2. The molecule has 49 heavy (non-hydrogen) atoms. The molecule has 2 heterocycles. The third-order valence-electron chi connectivity index (χ3n) is 6.35. The molecule has 19 heteroatoms. The van der Waals surface area contributed by atoms with Gasteiger partial charge >= 0.3 is 12.5 Å². The first-order valence-electron chi connectivity index (χ1n) is 14.0. The van der Waals surface area contributed by atoms with E-state index in [9.17, 15) is 22.4 Å². The number of rotatable bonds is 14. The summed E-state index contributed by atoms with van der Waals surface area (Å²) >= 11 is 23.9. The number of nitrogens with zero attached hydrogens (tertiary/aromatic N) is 6. The lowest BCUT2D eigenvalue weighted by Gasteiger charge is -2.22. The van der Waals surface area contributed by atoms with Crippen molar-refractivity contribution in [1.82, 2.24) is 29.9 Å². The highest BCUT2D eigenvalue weighted by Crippen LogP contribution is 2.32. The fourth-order valence-corrected chi connectivity index (χ4v) is 5.00. The van der Waals surface area contributed by atoms with E-state index in [1.54, 1.807) is 48.1 Å². The molecule has 2 aromatic heterocycles. The molecule has 264 valence electrons. The quantitative estimate of drug-likeness (QED) is 0.0803. The second-order valence-electron chi connectivity index (χ2n) is 9.75. The van der Waals surface area contributed by atoms with Gasteiger partial charge < -0.3 is 19.6 Å². The summed E-state index contributed by atoms with van der Waals surface area (Å²) in [6.07, 6.45) is -2.41. The summed E-state index contributed by atoms with van der Waals surface area (Å²) in [6.45, 7) is 1.33. The first kappa shape index (κ1) is 39.5. The normalized spacial score (nSPS) is 12.7. The maximum Gasteiger partial charge on any atom is 0.416 e. The van der Waals surface area contributed by atoms with Crippen LogP contribution in [0.1, 0.15) is 18.4 Å². The molecular weight excluding hydrogens is 740 g/mol. The molecule has 0 saturated carbocycles. The topological polar surface area (TPSA) is 118 Å². The van der Waals surface area contributed by atoms with Crippen LogP contribution in [0.4, 0.5) is 17.6 Å². The molecule has 1 unspecified atom stereocenters. The SMILES string of the molecule is CNC(=O)C(=N/OC)/C(C)=C/COc1ccn(-c2ccc(Cl)cc2Cl)n1.FC(F)C(F)(F)OCC(Cn1cncn1)c1ccc(Cl)cc1Cl. The number of oxime groups is 1. The summed E-state index contributed by atoms with van der Waals surface area (Å²) in [4.78, 5) is 20.2. The molecule has 0 bridgehead atoms. The van der Waals surface area contributed by atoms with Gasteiger partial charge in [0, 0.05) is 40.3 Å². The highest BCUT2D eigenvalue weighted by atomic mass is 35.5. The summed E-state index contributed by atoms with van der Waals surface area (Å²) in [6, 6.07) is 11.3. The van der Waals surface area contributed by atoms with Crippen LogP contribution in [0.3, 0.4) is 0 Å². The van der Waals surface area contributed by atoms with E-state index in [1.165, 1.54) is 49.7 Å². The van der Waals surface area contributed by atoms with Crippen molar-refractivity contribution in [3.8, 4) is 11.6 Å². The van der Waals surface area contributed by atoms with Gasteiger partial charge in [0.1, 0.15) is 26.4 Å². The van der Waals surface area contributed by atoms with Crippen molar-refractivity contribution in [2.45, 2.75) is 31.9 Å². The van der Waals surface area contributed by atoms with Crippen molar-refractivity contribution in [2.24, 2.45) is 5.16 Å². The van der Waals surface area contributed by atoms with Crippen molar-refractivity contribution in [3.63, 3.8) is 0 Å². The number of aromatic nitrogens is 5. The lowest BCUT2D eigenvalue weighted by Crippen LogP contribution is -2.32. The summed E-state index contributed by atoms with van der Waals surface area (Å²) in [5, 5.41) is 16.0. The maximum absolute atomic E-state index is 13.0. The van der Waals surface area contributed by atoms with E-state index in [2.05, 4.69) is 30.4 Å². The van der Waals surface area contributed by atoms with E-state index < -0.39 is 25.1 Å². The lowest BCUT2D eigenvalue weighted by atomic mass is 10.00. The van der Waals surface area contributed by atoms with Crippen LogP contribution >= 0.6 is 46.4 Å². The van der Waals surface area contributed by atoms with Crippen LogP contribution in [0.2, 0.25) is 20.1 Å². The van der Waals surface area contributed by atoms with Gasteiger partial charge in [-0.3, -0.25) is 9.48 Å². The second kappa shape index (κ2) is 18.8. The lowest BCUT2D eigenvalue weighted by molar-refractivity contribution is -0.302. The van der Waals surface area contributed by atoms with Gasteiger partial charge in [-0.15, -0.1) is 5.10 Å². The number of alkyl halides is 4. The Bertz CT molecular complexity index is 1740. The van der Waals surface area contributed by atoms with E-state index in [0.29, 0.717) is 37.8 Å². The van der Waals surface area contributed by atoms with E-state index in [4.69, 9.17) is 56.0 Å². The number of carbonyl (C=O) groups excluding carboxylic acids is 1. The number of nitrogens with one attached hydrogen (secondary N) is 1. The molecule has 0 aliphatic heterocycles. The summed E-state index contributed by atoms with van der Waals surface area (Å²) in [5.41, 5.74) is 1.91. The van der Waals surface area contributed by atoms with E-state index in [1.807, 2.05) is 0 Å². The average Bonchev–Trinajstić information content (AvgIpc) is 3.74. The predicted octanol–water partition coefficient (Wildman–Crippen LogP) is 7.50. The van der Waals surface area contributed by atoms with Crippen molar-refractivity contribution in [1.29, 1.82) is 0 Å². The maximum atomic E-state index is 13.0. The van der Waals surface area contributed by atoms with Gasteiger partial charge in [0.05, 0.1) is 23.9 Å². The minimum absolute atomic E-state index is 0.0701. The average molecular weight is 769 g/mol. The highest BCUT2D eigenvalue weighted by molar-refractivity contribution is 6.45. The molecule has 0 aliphatic rings. The van der Waals surface area contributed by atoms with Crippen LogP contribution in [0, 0.1) is 0 Å². The Balaban J connectivity index is 0.000000267. The molecule has 0 saturated heterocycles. The van der Waals surface area contributed by atoms with E-state index in [0.717, 1.165) is 0 Å². The number of carbonyl (C=O) groups is 1. The molecule has 1 amide bonds. The van der Waals surface area contributed by atoms with Gasteiger partial charge in [0.2, 0.25) is 5.88 Å². The Labute approximate surface area is 298 Å². The Kier molecular flexibility index (Phi) is 15.1. The van der Waals surface area contributed by atoms with Crippen LogP contribution in [-0.4, -0.2) is 76.1 Å². The molecule has 1 atom stereocenters. The monoisotopic (exact) mass is 767 g/mol. The van der Waals surface area contributed by atoms with Crippen LogP contribution in [0.5, 0.6) is 5.88 Å². The number of hydrogen-bond donors (Lipinski definition) is 1. The molecular formula is C30H29Cl4F4N7O4. The Morgan fingerprint density at radius 2 is 1.78 bits per heavy atom. The second-order valence-corrected chi connectivity index (χ2v) is 11.4. The van der Waals surface area contributed by atoms with Crippen LogP contribution in [-0.2, 0) is 20.9 Å². The van der Waals surface area contributed by atoms with Gasteiger partial charge in [0.25, 0.3) is 5.91 Å². The van der Waals surface area contributed by atoms with Crippen molar-refractivity contribution >= 4 is 58.0 Å². The third-order valence-corrected chi connectivity index (χ3v) is 7.45. The molecule has 11 nitrogen and oxygen atoms in total. The van der Waals surface area contributed by atoms with Gasteiger partial charge in [-0.25, -0.2) is 18.4 Å². The predicted molar refractivity (Wildman–Crippen MR) is 177 cm³/mol. The zero-order valence-electron chi connectivity index (χ0n) is 26.0. The number of halogens is 8. The number of hydrogen-bond acceptors (Lipinski definition) is 8. The molecule has 0 spiro atoms. The number of amides is 1. The molecule has 2 aromatic carbocycles. The molecule has 0 radical (unpaired) electrons. The minimum Gasteiger partial charge on any atom is -0.472 e. The van der Waals surface area contributed by atoms with E-state index in [-0.39, 0.29) is 29.8 Å². The summed E-state index contributed by atoms with van der Waals surface area (Å²) < 4.78 is 63.1. The molecule has 4 rings (SSSR count). The molecule has 1 N–H and O–H groups in total. The van der Waals surface area contributed by atoms with Gasteiger partial charge in [-0.05, 0) is 54.5 Å². The minimum atomic E-state index is -4.54. The standard InChI is InChI=1S/C17H18Cl2N4O3.C13H11Cl2F4N3O/c1-11(16(22-25-3)17(24)20-2)7-9-26-15-6-8-23(21-15)14-5-4-12(18)10-13(14)19;14-9-1-2-10(11(15)3-9)8(4-22-7-20-6-21-22)5-23-13(18,19)12(16)17/h4-8,10H,9H2,1-3H3,(H,20,24);1-3,6-8,12H,4-5H2/b11-7+,22-16+;. The number of ether oxygens (including phenoxy) is 2. The molecule has 0 aliphatic carbocycles. The molecule has 4 aromatic rings. The van der Waals surface area contributed by atoms with Crippen molar-refractivity contribution in [2.75, 3.05) is 27.4 Å². The van der Waals surface area contributed by atoms with Crippen LogP contribution in [0.15, 0.2) is 78.1 Å². The van der Waals surface area contributed by atoms with E-state index >= 15 is 0 Å². The zero-order chi connectivity index (χ0) is 36.1. The van der Waals surface area contributed by atoms with Crippen LogP contribution < -0.4 is 10.1 Å². The fourth-order valence-electron chi connectivity index (χ4n) is 3.94. The third kappa shape index (κ3) is 11.9. The first-order valence-corrected chi connectivity index (χ1v) is 15.5. The summed E-state index contributed by atoms with van der Waals surface area (Å²) in [5.74, 6) is -0.682. The largest absolute Gasteiger partial charge is 0.472 e. The molecule has 0 fully saturated rings. The number of benzene rings is 2.